The molecule has 1 rings (SSSR count). The summed E-state index contributed by atoms with van der Waals surface area (Å²) in [5.41, 5.74) is 3.18. The van der Waals surface area contributed by atoms with E-state index in [1.165, 1.54) is 19.2 Å². The molecule has 5 heteroatoms. The summed E-state index contributed by atoms with van der Waals surface area (Å²) in [4.78, 5) is 22.5. The van der Waals surface area contributed by atoms with Crippen LogP contribution in [0.25, 0.3) is 0 Å². The molecule has 0 aromatic heterocycles. The summed E-state index contributed by atoms with van der Waals surface area (Å²) in [6.07, 6.45) is 0.619. The molecule has 0 aliphatic rings. The second kappa shape index (κ2) is 6.21. The van der Waals surface area contributed by atoms with Gasteiger partial charge in [0.2, 0.25) is 0 Å². The van der Waals surface area contributed by atoms with Crippen LogP contribution in [0.15, 0.2) is 18.2 Å². The number of hydrogen-bond acceptors (Lipinski definition) is 4. The first-order chi connectivity index (χ1) is 8.85. The summed E-state index contributed by atoms with van der Waals surface area (Å²) in [6, 6.07) is 4.63. The average molecular weight is 276 g/mol. The Morgan fingerprint density at radius 2 is 2.00 bits per heavy atom. The normalized spacial score (nSPS) is 10.1. The lowest BCUT2D eigenvalue weighted by atomic mass is 10.2. The van der Waals surface area contributed by atoms with Gasteiger partial charge >= 0.3 is 5.97 Å². The molecule has 1 aromatic rings. The van der Waals surface area contributed by atoms with Crippen molar-refractivity contribution in [1.29, 1.82) is 0 Å². The van der Waals surface area contributed by atoms with Gasteiger partial charge in [-0.25, -0.2) is 4.79 Å². The van der Waals surface area contributed by atoms with Gasteiger partial charge in [-0.15, -0.1) is 5.54 Å². The highest BCUT2D eigenvalue weighted by Crippen LogP contribution is 2.23. The van der Waals surface area contributed by atoms with Crippen molar-refractivity contribution in [2.45, 2.75) is 19.6 Å². The second-order valence-electron chi connectivity index (χ2n) is 4.91. The zero-order valence-corrected chi connectivity index (χ0v) is 12.4. The van der Waals surface area contributed by atoms with E-state index in [1.54, 1.807) is 6.07 Å². The molecule has 0 atom stereocenters. The van der Waals surface area contributed by atoms with Crippen LogP contribution in [0.1, 0.15) is 10.4 Å². The molecule has 0 unspecified atom stereocenters. The summed E-state index contributed by atoms with van der Waals surface area (Å²) >= 11 is 0. The van der Waals surface area contributed by atoms with E-state index in [2.05, 4.69) is 11.5 Å². The number of carbonyl (C=O) groups excluding carboxylic acids is 2. The van der Waals surface area contributed by atoms with Gasteiger partial charge in [-0.2, -0.15) is 0 Å². The molecular weight excluding hydrogens is 260 g/mol. The lowest BCUT2D eigenvalue weighted by molar-refractivity contribution is -0.128. The molecule has 0 N–H and O–H groups in total. The summed E-state index contributed by atoms with van der Waals surface area (Å²) in [7, 11) is -0.140. The maximum absolute atomic E-state index is 11.6. The molecule has 0 amide bonds. The van der Waals surface area contributed by atoms with Crippen molar-refractivity contribution < 1.29 is 19.1 Å². The monoisotopic (exact) mass is 276 g/mol. The van der Waals surface area contributed by atoms with Crippen LogP contribution in [0.3, 0.4) is 0 Å². The molecule has 1 aromatic carbocycles. The molecule has 4 nitrogen and oxygen atoms in total. The quantitative estimate of drug-likeness (QED) is 0.279. The molecule has 0 saturated carbocycles. The molecule has 0 aliphatic carbocycles. The Labute approximate surface area is 113 Å². The van der Waals surface area contributed by atoms with E-state index in [9.17, 15) is 9.59 Å². The van der Waals surface area contributed by atoms with Crippen molar-refractivity contribution >= 4 is 20.3 Å². The molecule has 0 saturated heterocycles. The largest absolute Gasteiger partial charge is 0.497 e. The molecule has 0 fully saturated rings. The molecule has 0 spiro atoms. The molecule has 0 radical (unpaired) electrons. The zero-order valence-electron chi connectivity index (χ0n) is 11.4. The number of methoxy groups -OCH3 is 1. The highest BCUT2D eigenvalue weighted by Gasteiger charge is 2.11. The number of aldehydes is 1. The van der Waals surface area contributed by atoms with Crippen molar-refractivity contribution in [3.05, 3.63) is 23.8 Å². The Bertz CT molecular complexity index is 547. The minimum atomic E-state index is -1.63. The van der Waals surface area contributed by atoms with E-state index in [0.717, 1.165) is 0 Å². The fourth-order valence-corrected chi connectivity index (χ4v) is 1.67. The van der Waals surface area contributed by atoms with Gasteiger partial charge in [0.1, 0.15) is 19.6 Å². The molecule has 0 aliphatic heterocycles. The molecule has 0 bridgehead atoms. The predicted octanol–water partition coefficient (Wildman–Crippen LogP) is 2.29. The summed E-state index contributed by atoms with van der Waals surface area (Å²) < 4.78 is 10.1. The third-order valence-electron chi connectivity index (χ3n) is 2.09. The van der Waals surface area contributed by atoms with Crippen molar-refractivity contribution in [1.82, 2.24) is 0 Å². The molecular formula is C14H16O4Si. The number of hydrogen-bond donors (Lipinski definition) is 0. The van der Waals surface area contributed by atoms with Gasteiger partial charge in [-0.05, 0) is 12.1 Å². The Kier molecular flexibility index (Phi) is 4.90. The zero-order chi connectivity index (χ0) is 14.5. The fraction of sp³-hybridized carbons (Fsp3) is 0.286. The predicted molar refractivity (Wildman–Crippen MR) is 75.1 cm³/mol. The topological polar surface area (TPSA) is 52.6 Å². The van der Waals surface area contributed by atoms with Crippen LogP contribution in [0.4, 0.5) is 0 Å². The Balaban J connectivity index is 2.94. The van der Waals surface area contributed by atoms with Crippen molar-refractivity contribution in [2.75, 3.05) is 7.11 Å². The van der Waals surface area contributed by atoms with Crippen LogP contribution in [0.2, 0.25) is 19.6 Å². The first-order valence-corrected chi connectivity index (χ1v) is 9.24. The van der Waals surface area contributed by atoms with Gasteiger partial charge in [0.05, 0.1) is 12.7 Å². The van der Waals surface area contributed by atoms with Gasteiger partial charge in [-0.1, -0.05) is 19.6 Å². The van der Waals surface area contributed by atoms with Gasteiger partial charge < -0.3 is 9.47 Å². The van der Waals surface area contributed by atoms with Crippen LogP contribution in [0.5, 0.6) is 11.5 Å². The Hall–Kier alpha value is -2.06. The molecule has 19 heavy (non-hydrogen) atoms. The molecule has 0 heterocycles. The van der Waals surface area contributed by atoms with Gasteiger partial charge in [0, 0.05) is 12.0 Å². The smallest absolute Gasteiger partial charge is 0.389 e. The Morgan fingerprint density at radius 1 is 1.32 bits per heavy atom. The Morgan fingerprint density at radius 3 is 2.53 bits per heavy atom. The lowest BCUT2D eigenvalue weighted by Crippen LogP contribution is -2.18. The SMILES string of the molecule is COc1ccc(C=O)c(OC(=O)C#C[Si](C)(C)C)c1. The van der Waals surface area contributed by atoms with Gasteiger partial charge in [0.15, 0.2) is 6.29 Å². The number of esters is 1. The third kappa shape index (κ3) is 4.98. The number of ether oxygens (including phenoxy) is 2. The second-order valence-corrected chi connectivity index (χ2v) is 9.66. The highest BCUT2D eigenvalue weighted by molar-refractivity contribution is 6.84. The van der Waals surface area contributed by atoms with Crippen LogP contribution in [-0.2, 0) is 4.79 Å². The van der Waals surface area contributed by atoms with Crippen LogP contribution < -0.4 is 9.47 Å². The fourth-order valence-electron chi connectivity index (χ4n) is 1.19. The maximum atomic E-state index is 11.6. The first-order valence-electron chi connectivity index (χ1n) is 5.74. The summed E-state index contributed by atoms with van der Waals surface area (Å²) in [5, 5.41) is 0. The van der Waals surface area contributed by atoms with E-state index >= 15 is 0 Å². The average Bonchev–Trinajstić information content (AvgIpc) is 2.35. The van der Waals surface area contributed by atoms with Gasteiger partial charge in [0.25, 0.3) is 0 Å². The summed E-state index contributed by atoms with van der Waals surface area (Å²) in [5.74, 6) is 2.45. The molecule has 100 valence electrons. The van der Waals surface area contributed by atoms with Crippen LogP contribution in [0, 0.1) is 11.5 Å². The van der Waals surface area contributed by atoms with E-state index in [4.69, 9.17) is 9.47 Å². The maximum Gasteiger partial charge on any atom is 0.389 e. The van der Waals surface area contributed by atoms with E-state index in [1.807, 2.05) is 19.6 Å². The van der Waals surface area contributed by atoms with Crippen molar-refractivity contribution in [3.63, 3.8) is 0 Å². The first kappa shape index (κ1) is 15.0. The highest BCUT2D eigenvalue weighted by atomic mass is 28.3. The van der Waals surface area contributed by atoms with Crippen molar-refractivity contribution in [2.24, 2.45) is 0 Å². The third-order valence-corrected chi connectivity index (χ3v) is 2.96. The van der Waals surface area contributed by atoms with Crippen LogP contribution >= 0.6 is 0 Å². The van der Waals surface area contributed by atoms with E-state index in [-0.39, 0.29) is 11.3 Å². The van der Waals surface area contributed by atoms with Crippen LogP contribution in [-0.4, -0.2) is 27.4 Å². The minimum absolute atomic E-state index is 0.157. The van der Waals surface area contributed by atoms with E-state index in [0.29, 0.717) is 12.0 Å². The minimum Gasteiger partial charge on any atom is -0.497 e. The van der Waals surface area contributed by atoms with Crippen molar-refractivity contribution in [3.8, 4) is 23.0 Å². The number of carbonyl (C=O) groups is 2. The number of rotatable bonds is 3. The number of benzene rings is 1. The van der Waals surface area contributed by atoms with E-state index < -0.39 is 14.0 Å². The standard InChI is InChI=1S/C14H16O4Si/c1-17-12-6-5-11(10-15)13(9-12)18-14(16)7-8-19(2,3)4/h5-6,9-10H,1-4H3. The lowest BCUT2D eigenvalue weighted by Gasteiger charge is -2.07. The van der Waals surface area contributed by atoms with Gasteiger partial charge in [-0.3, -0.25) is 4.79 Å². The summed E-state index contributed by atoms with van der Waals surface area (Å²) in [6.45, 7) is 6.07.